The second-order valence-electron chi connectivity index (χ2n) is 7.14. The van der Waals surface area contributed by atoms with Gasteiger partial charge in [-0.05, 0) is 67.9 Å². The minimum atomic E-state index is -0.190. The molecule has 3 aromatic carbocycles. The minimum absolute atomic E-state index is 0.0821. The molecule has 0 radical (unpaired) electrons. The normalized spacial score (nSPS) is 10.3. The Labute approximate surface area is 188 Å². The van der Waals surface area contributed by atoms with E-state index >= 15 is 0 Å². The predicted octanol–water partition coefficient (Wildman–Crippen LogP) is 5.01. The van der Waals surface area contributed by atoms with Crippen LogP contribution in [0.2, 0.25) is 0 Å². The Balaban J connectivity index is 1.68. The molecule has 166 valence electrons. The monoisotopic (exact) mass is 432 g/mol. The van der Waals surface area contributed by atoms with E-state index in [1.807, 2.05) is 50.2 Å². The maximum Gasteiger partial charge on any atom is 0.255 e. The molecule has 0 atom stereocenters. The first-order valence-electron chi connectivity index (χ1n) is 10.6. The average Bonchev–Trinajstić information content (AvgIpc) is 2.84. The molecule has 0 saturated carbocycles. The highest BCUT2D eigenvalue weighted by atomic mass is 16.5. The Morgan fingerprint density at radius 2 is 1.59 bits per heavy atom. The van der Waals surface area contributed by atoms with Crippen molar-refractivity contribution in [2.24, 2.45) is 0 Å². The third-order valence-corrected chi connectivity index (χ3v) is 5.00. The quantitative estimate of drug-likeness (QED) is 0.516. The van der Waals surface area contributed by atoms with Crippen molar-refractivity contribution in [3.05, 3.63) is 89.5 Å². The standard InChI is InChI=1S/C26H28N2O4/c1-4-28(18-19-11-16-23(32-5-2)24(17-19)31-3)26(30)21-12-14-22(15-13-21)27-25(29)20-9-7-6-8-10-20/h6-17H,4-5,18H2,1-3H3,(H,27,29). The van der Waals surface area contributed by atoms with Gasteiger partial charge in [0.25, 0.3) is 11.8 Å². The van der Waals surface area contributed by atoms with E-state index in [9.17, 15) is 9.59 Å². The molecular formula is C26H28N2O4. The summed E-state index contributed by atoms with van der Waals surface area (Å²) >= 11 is 0. The first kappa shape index (κ1) is 22.9. The fraction of sp³-hybridized carbons (Fsp3) is 0.231. The van der Waals surface area contributed by atoms with Crippen molar-refractivity contribution in [3.63, 3.8) is 0 Å². The van der Waals surface area contributed by atoms with Crippen molar-refractivity contribution in [2.75, 3.05) is 25.6 Å². The summed E-state index contributed by atoms with van der Waals surface area (Å²) < 4.78 is 11.0. The van der Waals surface area contributed by atoms with E-state index in [4.69, 9.17) is 9.47 Å². The van der Waals surface area contributed by atoms with Crippen LogP contribution in [0.1, 0.15) is 40.1 Å². The zero-order chi connectivity index (χ0) is 22.9. The van der Waals surface area contributed by atoms with Crippen molar-refractivity contribution in [1.82, 2.24) is 4.90 Å². The number of benzene rings is 3. The van der Waals surface area contributed by atoms with Gasteiger partial charge in [0.1, 0.15) is 0 Å². The number of ether oxygens (including phenoxy) is 2. The molecule has 6 heteroatoms. The summed E-state index contributed by atoms with van der Waals surface area (Å²) in [5.41, 5.74) is 2.72. The zero-order valence-electron chi connectivity index (χ0n) is 18.6. The van der Waals surface area contributed by atoms with E-state index in [1.54, 1.807) is 48.4 Å². The van der Waals surface area contributed by atoms with Gasteiger partial charge in [-0.25, -0.2) is 0 Å². The minimum Gasteiger partial charge on any atom is -0.493 e. The van der Waals surface area contributed by atoms with Crippen molar-refractivity contribution >= 4 is 17.5 Å². The van der Waals surface area contributed by atoms with E-state index < -0.39 is 0 Å². The molecule has 1 N–H and O–H groups in total. The molecule has 3 aromatic rings. The first-order chi connectivity index (χ1) is 15.5. The molecule has 0 aliphatic carbocycles. The van der Waals surface area contributed by atoms with E-state index in [-0.39, 0.29) is 11.8 Å². The van der Waals surface area contributed by atoms with Crippen molar-refractivity contribution in [1.29, 1.82) is 0 Å². The van der Waals surface area contributed by atoms with Gasteiger partial charge in [-0.2, -0.15) is 0 Å². The van der Waals surface area contributed by atoms with Crippen LogP contribution in [0, 0.1) is 0 Å². The highest BCUT2D eigenvalue weighted by Gasteiger charge is 2.16. The maximum absolute atomic E-state index is 13.0. The van der Waals surface area contributed by atoms with E-state index in [1.165, 1.54) is 0 Å². The van der Waals surface area contributed by atoms with Gasteiger partial charge < -0.3 is 19.7 Å². The molecule has 0 fully saturated rings. The lowest BCUT2D eigenvalue weighted by molar-refractivity contribution is 0.0752. The number of hydrogen-bond acceptors (Lipinski definition) is 4. The second kappa shape index (κ2) is 11.0. The topological polar surface area (TPSA) is 67.9 Å². The van der Waals surface area contributed by atoms with Crippen LogP contribution < -0.4 is 14.8 Å². The Hall–Kier alpha value is -3.80. The Morgan fingerprint density at radius 1 is 0.875 bits per heavy atom. The third kappa shape index (κ3) is 5.66. The summed E-state index contributed by atoms with van der Waals surface area (Å²) in [6.07, 6.45) is 0. The average molecular weight is 433 g/mol. The number of rotatable bonds is 9. The molecule has 0 spiro atoms. The number of hydrogen-bond donors (Lipinski definition) is 1. The van der Waals surface area contributed by atoms with Crippen LogP contribution in [-0.2, 0) is 6.54 Å². The number of carbonyl (C=O) groups is 2. The van der Waals surface area contributed by atoms with E-state index in [0.29, 0.717) is 48.0 Å². The van der Waals surface area contributed by atoms with Crippen LogP contribution >= 0.6 is 0 Å². The molecule has 0 heterocycles. The number of nitrogens with one attached hydrogen (secondary N) is 1. The van der Waals surface area contributed by atoms with Gasteiger partial charge in [0, 0.05) is 29.9 Å². The third-order valence-electron chi connectivity index (χ3n) is 5.00. The fourth-order valence-electron chi connectivity index (χ4n) is 3.30. The van der Waals surface area contributed by atoms with Gasteiger partial charge in [-0.3, -0.25) is 9.59 Å². The van der Waals surface area contributed by atoms with Crippen LogP contribution in [0.5, 0.6) is 11.5 Å². The molecule has 3 rings (SSSR count). The zero-order valence-corrected chi connectivity index (χ0v) is 18.6. The summed E-state index contributed by atoms with van der Waals surface area (Å²) in [4.78, 5) is 27.1. The SMILES string of the molecule is CCOc1ccc(CN(CC)C(=O)c2ccc(NC(=O)c3ccccc3)cc2)cc1OC. The lowest BCUT2D eigenvalue weighted by atomic mass is 10.1. The molecule has 0 saturated heterocycles. The van der Waals surface area contributed by atoms with Crippen LogP contribution in [0.15, 0.2) is 72.8 Å². The van der Waals surface area contributed by atoms with Crippen LogP contribution in [0.3, 0.4) is 0 Å². The molecule has 0 aliphatic rings. The van der Waals surface area contributed by atoms with Gasteiger partial charge in [0.2, 0.25) is 0 Å². The smallest absolute Gasteiger partial charge is 0.255 e. The van der Waals surface area contributed by atoms with Gasteiger partial charge in [0.05, 0.1) is 13.7 Å². The molecule has 2 amide bonds. The summed E-state index contributed by atoms with van der Waals surface area (Å²) in [5, 5.41) is 2.85. The summed E-state index contributed by atoms with van der Waals surface area (Å²) in [6, 6.07) is 21.6. The Kier molecular flexibility index (Phi) is 7.86. The summed E-state index contributed by atoms with van der Waals surface area (Å²) in [7, 11) is 1.60. The largest absolute Gasteiger partial charge is 0.493 e. The number of nitrogens with zero attached hydrogens (tertiary/aromatic N) is 1. The second-order valence-corrected chi connectivity index (χ2v) is 7.14. The Morgan fingerprint density at radius 3 is 2.22 bits per heavy atom. The molecule has 0 aliphatic heterocycles. The van der Waals surface area contributed by atoms with Gasteiger partial charge in [-0.1, -0.05) is 24.3 Å². The number of amides is 2. The number of carbonyl (C=O) groups excluding carboxylic acids is 2. The highest BCUT2D eigenvalue weighted by molar-refractivity contribution is 6.04. The molecule has 0 bridgehead atoms. The van der Waals surface area contributed by atoms with Crippen LogP contribution in [0.4, 0.5) is 5.69 Å². The van der Waals surface area contributed by atoms with Gasteiger partial charge >= 0.3 is 0 Å². The van der Waals surface area contributed by atoms with E-state index in [2.05, 4.69) is 5.32 Å². The molecule has 32 heavy (non-hydrogen) atoms. The van der Waals surface area contributed by atoms with Gasteiger partial charge in [-0.15, -0.1) is 0 Å². The van der Waals surface area contributed by atoms with Crippen molar-refractivity contribution < 1.29 is 19.1 Å². The molecule has 0 unspecified atom stereocenters. The molecule has 0 aromatic heterocycles. The molecular weight excluding hydrogens is 404 g/mol. The van der Waals surface area contributed by atoms with Crippen molar-refractivity contribution in [2.45, 2.75) is 20.4 Å². The maximum atomic E-state index is 13.0. The van der Waals surface area contributed by atoms with Gasteiger partial charge in [0.15, 0.2) is 11.5 Å². The number of anilines is 1. The highest BCUT2D eigenvalue weighted by Crippen LogP contribution is 2.28. The van der Waals surface area contributed by atoms with Crippen LogP contribution in [-0.4, -0.2) is 37.0 Å². The molecule has 6 nitrogen and oxygen atoms in total. The lowest BCUT2D eigenvalue weighted by Gasteiger charge is -2.22. The number of methoxy groups -OCH3 is 1. The summed E-state index contributed by atoms with van der Waals surface area (Å²) in [5.74, 6) is 1.05. The summed E-state index contributed by atoms with van der Waals surface area (Å²) in [6.45, 7) is 5.42. The first-order valence-corrected chi connectivity index (χ1v) is 10.6. The Bertz CT molecular complexity index is 1050. The van der Waals surface area contributed by atoms with Crippen LogP contribution in [0.25, 0.3) is 0 Å². The fourth-order valence-corrected chi connectivity index (χ4v) is 3.30. The van der Waals surface area contributed by atoms with E-state index in [0.717, 1.165) is 5.56 Å². The predicted molar refractivity (Wildman–Crippen MR) is 125 cm³/mol. The lowest BCUT2D eigenvalue weighted by Crippen LogP contribution is -2.30. The van der Waals surface area contributed by atoms with Crippen molar-refractivity contribution in [3.8, 4) is 11.5 Å².